The minimum Gasteiger partial charge on any atom is -0.396 e. The van der Waals surface area contributed by atoms with Crippen molar-refractivity contribution in [2.45, 2.75) is 12.8 Å². The molecule has 1 N–H and O–H groups in total. The van der Waals surface area contributed by atoms with Crippen molar-refractivity contribution < 1.29 is 9.32 Å². The van der Waals surface area contributed by atoms with Gasteiger partial charge in [0.15, 0.2) is 0 Å². The highest BCUT2D eigenvalue weighted by Crippen LogP contribution is 2.15. The maximum Gasteiger partial charge on any atom is 0.0471 e. The van der Waals surface area contributed by atoms with E-state index < -0.39 is 10.8 Å². The van der Waals surface area contributed by atoms with Gasteiger partial charge < -0.3 is 10.0 Å². The van der Waals surface area contributed by atoms with Crippen LogP contribution in [-0.2, 0) is 10.8 Å². The van der Waals surface area contributed by atoms with Crippen molar-refractivity contribution in [3.05, 3.63) is 0 Å². The summed E-state index contributed by atoms with van der Waals surface area (Å²) < 4.78 is 10.8. The summed E-state index contributed by atoms with van der Waals surface area (Å²) in [4.78, 5) is 2.35. The number of aliphatic hydroxyl groups excluding tert-OH is 1. The minimum absolute atomic E-state index is 0.316. The molecule has 13 heavy (non-hydrogen) atoms. The van der Waals surface area contributed by atoms with Gasteiger partial charge in [-0.05, 0) is 31.8 Å². The predicted molar refractivity (Wildman–Crippen MR) is 55.2 cm³/mol. The molecule has 0 saturated carbocycles. The highest BCUT2D eigenvalue weighted by Gasteiger charge is 2.20. The average molecular weight is 205 g/mol. The fraction of sp³-hybridized carbons (Fsp3) is 1.00. The van der Waals surface area contributed by atoms with E-state index in [1.54, 1.807) is 6.26 Å². The van der Waals surface area contributed by atoms with Crippen molar-refractivity contribution in [2.75, 3.05) is 38.2 Å². The molecule has 0 aliphatic carbocycles. The van der Waals surface area contributed by atoms with Crippen LogP contribution in [-0.4, -0.2) is 52.5 Å². The summed E-state index contributed by atoms with van der Waals surface area (Å²) in [6, 6.07) is 0. The second-order valence-corrected chi connectivity index (χ2v) is 5.32. The summed E-state index contributed by atoms with van der Waals surface area (Å²) in [5, 5.41) is 8.92. The summed E-state index contributed by atoms with van der Waals surface area (Å²) in [6.07, 6.45) is 3.88. The molecule has 1 heterocycles. The Morgan fingerprint density at radius 1 is 1.62 bits per heavy atom. The summed E-state index contributed by atoms with van der Waals surface area (Å²) in [5.41, 5.74) is 0. The van der Waals surface area contributed by atoms with Gasteiger partial charge in [-0.3, -0.25) is 4.21 Å². The van der Waals surface area contributed by atoms with E-state index in [-0.39, 0.29) is 0 Å². The number of aliphatic hydroxyl groups is 1. The van der Waals surface area contributed by atoms with E-state index in [0.717, 1.165) is 38.2 Å². The van der Waals surface area contributed by atoms with Crippen molar-refractivity contribution in [3.63, 3.8) is 0 Å². The molecule has 1 aliphatic rings. The molecule has 2 unspecified atom stereocenters. The zero-order valence-electron chi connectivity index (χ0n) is 8.24. The molecule has 1 fully saturated rings. The SMILES string of the molecule is CS(=O)CCCN1CCC(CO)C1. The maximum atomic E-state index is 10.8. The Labute approximate surface area is 82.6 Å². The van der Waals surface area contributed by atoms with Gasteiger partial charge in [0.2, 0.25) is 0 Å². The lowest BCUT2D eigenvalue weighted by Gasteiger charge is -2.14. The van der Waals surface area contributed by atoms with Crippen LogP contribution >= 0.6 is 0 Å². The fourth-order valence-corrected chi connectivity index (χ4v) is 2.29. The van der Waals surface area contributed by atoms with Gasteiger partial charge in [-0.25, -0.2) is 0 Å². The zero-order chi connectivity index (χ0) is 9.68. The Bertz CT molecular complexity index is 175. The average Bonchev–Trinajstić information content (AvgIpc) is 2.52. The Hall–Kier alpha value is 0.0700. The third-order valence-corrected chi connectivity index (χ3v) is 3.40. The molecule has 1 rings (SSSR count). The first-order valence-electron chi connectivity index (χ1n) is 4.85. The van der Waals surface area contributed by atoms with Crippen molar-refractivity contribution in [1.29, 1.82) is 0 Å². The lowest BCUT2D eigenvalue weighted by atomic mass is 10.1. The molecule has 0 aromatic rings. The fourth-order valence-electron chi connectivity index (χ4n) is 1.76. The summed E-state index contributed by atoms with van der Waals surface area (Å²) in [5.74, 6) is 1.28. The second kappa shape index (κ2) is 5.73. The monoisotopic (exact) mass is 205 g/mol. The highest BCUT2D eigenvalue weighted by atomic mass is 32.2. The summed E-state index contributed by atoms with van der Waals surface area (Å²) in [6.45, 7) is 3.47. The van der Waals surface area contributed by atoms with Gasteiger partial charge in [-0.2, -0.15) is 0 Å². The molecule has 0 radical (unpaired) electrons. The third-order valence-electron chi connectivity index (χ3n) is 2.53. The van der Waals surface area contributed by atoms with Gasteiger partial charge in [0.1, 0.15) is 0 Å². The van der Waals surface area contributed by atoms with Crippen LogP contribution in [0, 0.1) is 5.92 Å². The van der Waals surface area contributed by atoms with E-state index in [9.17, 15) is 4.21 Å². The number of likely N-dealkylation sites (tertiary alicyclic amines) is 1. The van der Waals surface area contributed by atoms with E-state index in [4.69, 9.17) is 5.11 Å². The predicted octanol–water partition coefficient (Wildman–Crippen LogP) is 0.0692. The molecule has 0 amide bonds. The van der Waals surface area contributed by atoms with Gasteiger partial charge >= 0.3 is 0 Å². The normalized spacial score (nSPS) is 26.5. The van der Waals surface area contributed by atoms with Crippen LogP contribution < -0.4 is 0 Å². The van der Waals surface area contributed by atoms with Crippen molar-refractivity contribution in [1.82, 2.24) is 4.90 Å². The van der Waals surface area contributed by atoms with Crippen LogP contribution in [0.3, 0.4) is 0 Å². The first kappa shape index (κ1) is 11.1. The molecule has 0 aromatic heterocycles. The molecule has 78 valence electrons. The molecule has 4 heteroatoms. The lowest BCUT2D eigenvalue weighted by Crippen LogP contribution is -2.23. The zero-order valence-corrected chi connectivity index (χ0v) is 9.05. The van der Waals surface area contributed by atoms with E-state index >= 15 is 0 Å². The van der Waals surface area contributed by atoms with Crippen LogP contribution in [0.5, 0.6) is 0 Å². The van der Waals surface area contributed by atoms with Gasteiger partial charge in [-0.1, -0.05) is 0 Å². The quantitative estimate of drug-likeness (QED) is 0.690. The van der Waals surface area contributed by atoms with Crippen molar-refractivity contribution in [2.24, 2.45) is 5.92 Å². The van der Waals surface area contributed by atoms with Crippen LogP contribution in [0.25, 0.3) is 0 Å². The van der Waals surface area contributed by atoms with Crippen LogP contribution in [0.2, 0.25) is 0 Å². The Morgan fingerprint density at radius 3 is 2.92 bits per heavy atom. The Balaban J connectivity index is 2.07. The molecule has 0 aromatic carbocycles. The van der Waals surface area contributed by atoms with E-state index in [1.807, 2.05) is 0 Å². The first-order chi connectivity index (χ1) is 6.22. The van der Waals surface area contributed by atoms with Crippen molar-refractivity contribution >= 4 is 10.8 Å². The van der Waals surface area contributed by atoms with Crippen LogP contribution in [0.15, 0.2) is 0 Å². The Kier molecular flexibility index (Phi) is 4.91. The molecule has 1 saturated heterocycles. The number of nitrogens with zero attached hydrogens (tertiary/aromatic N) is 1. The van der Waals surface area contributed by atoms with Crippen LogP contribution in [0.4, 0.5) is 0 Å². The standard InChI is InChI=1S/C9H19NO2S/c1-13(12)6-2-4-10-5-3-9(7-10)8-11/h9,11H,2-8H2,1H3. The molecule has 0 spiro atoms. The smallest absolute Gasteiger partial charge is 0.0471 e. The van der Waals surface area contributed by atoms with E-state index in [0.29, 0.717) is 12.5 Å². The van der Waals surface area contributed by atoms with Gasteiger partial charge in [0.25, 0.3) is 0 Å². The highest BCUT2D eigenvalue weighted by molar-refractivity contribution is 7.84. The number of hydrogen-bond donors (Lipinski definition) is 1. The molecule has 0 bridgehead atoms. The van der Waals surface area contributed by atoms with E-state index in [1.165, 1.54) is 0 Å². The number of rotatable bonds is 5. The topological polar surface area (TPSA) is 40.5 Å². The van der Waals surface area contributed by atoms with Crippen LogP contribution in [0.1, 0.15) is 12.8 Å². The summed E-state index contributed by atoms with van der Waals surface area (Å²) >= 11 is 0. The second-order valence-electron chi connectivity index (χ2n) is 3.77. The molecule has 1 aliphatic heterocycles. The molecule has 3 nitrogen and oxygen atoms in total. The first-order valence-corrected chi connectivity index (χ1v) is 6.58. The minimum atomic E-state index is -0.652. The van der Waals surface area contributed by atoms with Gasteiger partial charge in [-0.15, -0.1) is 0 Å². The van der Waals surface area contributed by atoms with E-state index in [2.05, 4.69) is 4.90 Å². The lowest BCUT2D eigenvalue weighted by molar-refractivity contribution is 0.222. The molecule has 2 atom stereocenters. The Morgan fingerprint density at radius 2 is 2.38 bits per heavy atom. The largest absolute Gasteiger partial charge is 0.396 e. The molecular formula is C9H19NO2S. The summed E-state index contributed by atoms with van der Waals surface area (Å²) in [7, 11) is -0.652. The maximum absolute atomic E-state index is 10.8. The third kappa shape index (κ3) is 4.20. The molecular weight excluding hydrogens is 186 g/mol. The number of hydrogen-bond acceptors (Lipinski definition) is 3. The van der Waals surface area contributed by atoms with Gasteiger partial charge in [0, 0.05) is 36.0 Å². The van der Waals surface area contributed by atoms with Gasteiger partial charge in [0.05, 0.1) is 0 Å². The van der Waals surface area contributed by atoms with Crippen molar-refractivity contribution in [3.8, 4) is 0 Å².